The van der Waals surface area contributed by atoms with Gasteiger partial charge in [0.2, 0.25) is 0 Å². The van der Waals surface area contributed by atoms with Crippen molar-refractivity contribution in [3.8, 4) is 11.3 Å². The molecule has 0 saturated carbocycles. The predicted molar refractivity (Wildman–Crippen MR) is 117 cm³/mol. The lowest BCUT2D eigenvalue weighted by Gasteiger charge is -2.26. The van der Waals surface area contributed by atoms with Crippen LogP contribution in [0.1, 0.15) is 35.6 Å². The Kier molecular flexibility index (Phi) is 4.50. The van der Waals surface area contributed by atoms with Crippen molar-refractivity contribution in [3.63, 3.8) is 0 Å². The van der Waals surface area contributed by atoms with Crippen LogP contribution >= 0.6 is 0 Å². The Balaban J connectivity index is 1.60. The molecule has 1 atom stereocenters. The van der Waals surface area contributed by atoms with Gasteiger partial charge in [0.05, 0.1) is 5.69 Å². The second-order valence-electron chi connectivity index (χ2n) is 7.94. The largest absolute Gasteiger partial charge is 0.354 e. The summed E-state index contributed by atoms with van der Waals surface area (Å²) in [4.78, 5) is 6.39. The van der Waals surface area contributed by atoms with E-state index < -0.39 is 0 Å². The van der Waals surface area contributed by atoms with Crippen molar-refractivity contribution in [2.45, 2.75) is 32.4 Å². The highest BCUT2D eigenvalue weighted by Crippen LogP contribution is 2.42. The molecule has 0 amide bonds. The molecular weight excluding hydrogens is 340 g/mol. The van der Waals surface area contributed by atoms with Crippen molar-refractivity contribution in [1.29, 1.82) is 0 Å². The van der Waals surface area contributed by atoms with E-state index in [1.807, 2.05) is 0 Å². The van der Waals surface area contributed by atoms with Crippen LogP contribution in [0.3, 0.4) is 0 Å². The average Bonchev–Trinajstić information content (AvgIpc) is 3.33. The number of hydrogen-bond donors (Lipinski definition) is 1. The summed E-state index contributed by atoms with van der Waals surface area (Å²) in [5, 5.41) is 1.36. The molecular formula is C26H26N2. The molecule has 5 rings (SSSR count). The molecule has 140 valence electrons. The third-order valence-electron chi connectivity index (χ3n) is 6.01. The summed E-state index contributed by atoms with van der Waals surface area (Å²) in [5.74, 6) is 0. The van der Waals surface area contributed by atoms with Gasteiger partial charge in [0.15, 0.2) is 0 Å². The van der Waals surface area contributed by atoms with Gasteiger partial charge < -0.3 is 4.98 Å². The molecule has 0 radical (unpaired) electrons. The number of nitrogens with zero attached hydrogens (tertiary/aromatic N) is 1. The van der Waals surface area contributed by atoms with Gasteiger partial charge in [0, 0.05) is 29.1 Å². The van der Waals surface area contributed by atoms with E-state index in [4.69, 9.17) is 0 Å². The normalized spacial score (nSPS) is 17.4. The Morgan fingerprint density at radius 1 is 0.893 bits per heavy atom. The maximum atomic E-state index is 3.73. The molecule has 3 aromatic carbocycles. The Bertz CT molecular complexity index is 1080. The number of aromatic amines is 1. The molecule has 4 aromatic rings. The first-order valence-corrected chi connectivity index (χ1v) is 10.3. The minimum absolute atomic E-state index is 0.452. The molecule has 1 N–H and O–H groups in total. The molecule has 0 bridgehead atoms. The zero-order chi connectivity index (χ0) is 18.9. The molecule has 1 aliphatic heterocycles. The SMILES string of the molecule is Cc1ccc(-c2[nH]c3ccccc3c2C2CCCN2Cc2ccccc2)cc1. The first-order valence-electron chi connectivity index (χ1n) is 10.3. The number of benzene rings is 3. The summed E-state index contributed by atoms with van der Waals surface area (Å²) >= 11 is 0. The summed E-state index contributed by atoms with van der Waals surface area (Å²) in [6.45, 7) is 4.32. The van der Waals surface area contributed by atoms with E-state index in [9.17, 15) is 0 Å². The number of aromatic nitrogens is 1. The maximum Gasteiger partial charge on any atom is 0.0513 e. The summed E-state index contributed by atoms with van der Waals surface area (Å²) in [7, 11) is 0. The monoisotopic (exact) mass is 366 g/mol. The number of para-hydroxylation sites is 1. The number of likely N-dealkylation sites (tertiary alicyclic amines) is 1. The topological polar surface area (TPSA) is 19.0 Å². The number of fused-ring (bicyclic) bond motifs is 1. The van der Waals surface area contributed by atoms with Crippen LogP contribution < -0.4 is 0 Å². The van der Waals surface area contributed by atoms with Gasteiger partial charge >= 0.3 is 0 Å². The molecule has 1 saturated heterocycles. The second kappa shape index (κ2) is 7.29. The van der Waals surface area contributed by atoms with Crippen LogP contribution in [-0.2, 0) is 6.54 Å². The highest BCUT2D eigenvalue weighted by molar-refractivity contribution is 5.91. The highest BCUT2D eigenvalue weighted by Gasteiger charge is 2.30. The molecule has 0 aliphatic carbocycles. The molecule has 1 unspecified atom stereocenters. The van der Waals surface area contributed by atoms with Crippen molar-refractivity contribution < 1.29 is 0 Å². The summed E-state index contributed by atoms with van der Waals surface area (Å²) in [5.41, 5.74) is 7.96. The van der Waals surface area contributed by atoms with E-state index in [2.05, 4.69) is 95.7 Å². The third kappa shape index (κ3) is 3.14. The van der Waals surface area contributed by atoms with Crippen LogP contribution in [0.4, 0.5) is 0 Å². The molecule has 1 aromatic heterocycles. The fourth-order valence-corrected chi connectivity index (χ4v) is 4.62. The number of nitrogens with one attached hydrogen (secondary N) is 1. The van der Waals surface area contributed by atoms with Gasteiger partial charge in [-0.2, -0.15) is 0 Å². The number of hydrogen-bond acceptors (Lipinski definition) is 1. The van der Waals surface area contributed by atoms with Crippen molar-refractivity contribution in [2.24, 2.45) is 0 Å². The molecule has 2 heteroatoms. The third-order valence-corrected chi connectivity index (χ3v) is 6.01. The minimum atomic E-state index is 0.452. The summed E-state index contributed by atoms with van der Waals surface area (Å²) in [6.07, 6.45) is 2.47. The molecule has 28 heavy (non-hydrogen) atoms. The van der Waals surface area contributed by atoms with E-state index in [0.29, 0.717) is 6.04 Å². The summed E-state index contributed by atoms with van der Waals surface area (Å²) in [6, 6.07) is 29.0. The first-order chi connectivity index (χ1) is 13.8. The van der Waals surface area contributed by atoms with Crippen LogP contribution in [0.25, 0.3) is 22.2 Å². The van der Waals surface area contributed by atoms with E-state index >= 15 is 0 Å². The standard InChI is InChI=1S/C26H26N2/c1-19-13-15-21(16-14-19)26-25(22-10-5-6-11-23(22)27-26)24-12-7-17-28(24)18-20-8-3-2-4-9-20/h2-6,8-11,13-16,24,27H,7,12,17-18H2,1H3. The van der Waals surface area contributed by atoms with Crippen LogP contribution in [0, 0.1) is 6.92 Å². The van der Waals surface area contributed by atoms with E-state index in [1.54, 1.807) is 0 Å². The molecule has 2 heterocycles. The Hall–Kier alpha value is -2.84. The number of aryl methyl sites for hydroxylation is 1. The van der Waals surface area contributed by atoms with Gasteiger partial charge in [0.25, 0.3) is 0 Å². The number of H-pyrrole nitrogens is 1. The lowest BCUT2D eigenvalue weighted by atomic mass is 9.96. The van der Waals surface area contributed by atoms with Crippen LogP contribution in [0.5, 0.6) is 0 Å². The van der Waals surface area contributed by atoms with Gasteiger partial charge in [-0.3, -0.25) is 4.90 Å². The van der Waals surface area contributed by atoms with Crippen molar-refractivity contribution >= 4 is 10.9 Å². The lowest BCUT2D eigenvalue weighted by molar-refractivity contribution is 0.250. The molecule has 2 nitrogen and oxygen atoms in total. The van der Waals surface area contributed by atoms with E-state index in [1.165, 1.54) is 51.7 Å². The Labute approximate surface area is 166 Å². The van der Waals surface area contributed by atoms with Gasteiger partial charge in [-0.1, -0.05) is 78.4 Å². The van der Waals surface area contributed by atoms with Crippen LogP contribution in [0.15, 0.2) is 78.9 Å². The Morgan fingerprint density at radius 2 is 1.64 bits per heavy atom. The molecule has 0 spiro atoms. The van der Waals surface area contributed by atoms with Gasteiger partial charge in [-0.05, 0) is 43.5 Å². The van der Waals surface area contributed by atoms with Gasteiger partial charge in [0.1, 0.15) is 0 Å². The van der Waals surface area contributed by atoms with Crippen molar-refractivity contribution in [3.05, 3.63) is 95.6 Å². The van der Waals surface area contributed by atoms with Crippen molar-refractivity contribution in [1.82, 2.24) is 9.88 Å². The van der Waals surface area contributed by atoms with Gasteiger partial charge in [-0.25, -0.2) is 0 Å². The second-order valence-corrected chi connectivity index (χ2v) is 7.94. The molecule has 1 fully saturated rings. The minimum Gasteiger partial charge on any atom is -0.354 e. The molecule has 1 aliphatic rings. The fraction of sp³-hybridized carbons (Fsp3) is 0.231. The van der Waals surface area contributed by atoms with Crippen molar-refractivity contribution in [2.75, 3.05) is 6.54 Å². The van der Waals surface area contributed by atoms with E-state index in [0.717, 1.165) is 13.1 Å². The zero-order valence-electron chi connectivity index (χ0n) is 16.4. The highest BCUT2D eigenvalue weighted by atomic mass is 15.2. The number of rotatable bonds is 4. The van der Waals surface area contributed by atoms with Crippen LogP contribution in [0.2, 0.25) is 0 Å². The zero-order valence-corrected chi connectivity index (χ0v) is 16.4. The average molecular weight is 367 g/mol. The Morgan fingerprint density at radius 3 is 2.46 bits per heavy atom. The first kappa shape index (κ1) is 17.3. The smallest absolute Gasteiger partial charge is 0.0513 e. The lowest BCUT2D eigenvalue weighted by Crippen LogP contribution is -2.23. The van der Waals surface area contributed by atoms with Crippen LogP contribution in [-0.4, -0.2) is 16.4 Å². The maximum absolute atomic E-state index is 3.73. The quantitative estimate of drug-likeness (QED) is 0.438. The summed E-state index contributed by atoms with van der Waals surface area (Å²) < 4.78 is 0. The van der Waals surface area contributed by atoms with Gasteiger partial charge in [-0.15, -0.1) is 0 Å². The van der Waals surface area contributed by atoms with E-state index in [-0.39, 0.29) is 0 Å². The fourth-order valence-electron chi connectivity index (χ4n) is 4.62. The predicted octanol–water partition coefficient (Wildman–Crippen LogP) is 6.48.